The number of hydrogen-bond acceptors (Lipinski definition) is 4. The number of nitrogens with two attached hydrogens (primary N) is 1. The van der Waals surface area contributed by atoms with Gasteiger partial charge in [-0.3, -0.25) is 4.79 Å². The molecular weight excluding hydrogens is 214 g/mol. The van der Waals surface area contributed by atoms with Crippen LogP contribution in [0.3, 0.4) is 0 Å². The summed E-state index contributed by atoms with van der Waals surface area (Å²) in [7, 11) is 0. The summed E-state index contributed by atoms with van der Waals surface area (Å²) in [5, 5.41) is 3.09. The molecule has 1 heterocycles. The molecule has 1 aromatic heterocycles. The molecule has 0 fully saturated rings. The summed E-state index contributed by atoms with van der Waals surface area (Å²) in [5.41, 5.74) is 7.03. The molecule has 0 saturated heterocycles. The predicted molar refractivity (Wildman–Crippen MR) is 63.4 cm³/mol. The number of hydrogen-bond donors (Lipinski definition) is 1. The zero-order valence-electron chi connectivity index (χ0n) is 7.61. The number of nitrogen functional groups attached to an aromatic ring is 1. The van der Waals surface area contributed by atoms with Crippen LogP contribution in [-0.4, -0.2) is 12.5 Å². The van der Waals surface area contributed by atoms with Crippen LogP contribution in [0, 0.1) is 0 Å². The van der Waals surface area contributed by atoms with Gasteiger partial charge in [0, 0.05) is 31.6 Å². The third-order valence-corrected chi connectivity index (χ3v) is 3.88. The number of fused-ring (bicyclic) bond motifs is 1. The van der Waals surface area contributed by atoms with Gasteiger partial charge in [0.25, 0.3) is 0 Å². The molecule has 0 bridgehead atoms. The summed E-state index contributed by atoms with van der Waals surface area (Å²) in [4.78, 5) is 12.0. The largest absolute Gasteiger partial charge is 0.399 e. The lowest BCUT2D eigenvalue weighted by atomic mass is 10.1. The second kappa shape index (κ2) is 3.63. The van der Waals surface area contributed by atoms with Gasteiger partial charge in [-0.1, -0.05) is 0 Å². The number of benzene rings is 1. The highest BCUT2D eigenvalue weighted by Crippen LogP contribution is 2.35. The van der Waals surface area contributed by atoms with E-state index in [1.165, 1.54) is 0 Å². The van der Waals surface area contributed by atoms with Crippen LogP contribution >= 0.6 is 23.1 Å². The Kier molecular flexibility index (Phi) is 2.48. The van der Waals surface area contributed by atoms with Gasteiger partial charge in [0.15, 0.2) is 6.29 Å². The first-order valence-corrected chi connectivity index (χ1v) is 6.16. The highest BCUT2D eigenvalue weighted by atomic mass is 32.2. The van der Waals surface area contributed by atoms with E-state index in [2.05, 4.69) is 5.38 Å². The second-order valence-electron chi connectivity index (χ2n) is 2.91. The number of rotatable bonds is 2. The Bertz CT molecular complexity index is 490. The molecule has 72 valence electrons. The number of thiophene rings is 1. The average molecular weight is 223 g/mol. The molecule has 0 unspecified atom stereocenters. The van der Waals surface area contributed by atoms with Gasteiger partial charge >= 0.3 is 0 Å². The minimum Gasteiger partial charge on any atom is -0.399 e. The third-order valence-electron chi connectivity index (χ3n) is 2.04. The topological polar surface area (TPSA) is 43.1 Å². The van der Waals surface area contributed by atoms with Crippen LogP contribution in [0.5, 0.6) is 0 Å². The first-order valence-electron chi connectivity index (χ1n) is 4.06. The van der Waals surface area contributed by atoms with E-state index in [-0.39, 0.29) is 0 Å². The molecule has 0 spiro atoms. The van der Waals surface area contributed by atoms with Crippen molar-refractivity contribution in [1.29, 1.82) is 0 Å². The quantitative estimate of drug-likeness (QED) is 0.483. The van der Waals surface area contributed by atoms with Gasteiger partial charge in [0.2, 0.25) is 0 Å². The summed E-state index contributed by atoms with van der Waals surface area (Å²) >= 11 is 3.27. The van der Waals surface area contributed by atoms with Crippen LogP contribution in [0.2, 0.25) is 0 Å². The molecule has 0 aliphatic heterocycles. The fourth-order valence-electron chi connectivity index (χ4n) is 1.43. The number of carbonyl (C=O) groups is 1. The Morgan fingerprint density at radius 1 is 1.50 bits per heavy atom. The fraction of sp³-hybridized carbons (Fsp3) is 0.100. The number of thioether (sulfide) groups is 1. The molecule has 0 saturated carbocycles. The maximum Gasteiger partial charge on any atom is 0.150 e. The Labute approximate surface area is 90.1 Å². The van der Waals surface area contributed by atoms with Crippen molar-refractivity contribution in [3.8, 4) is 0 Å². The summed E-state index contributed by atoms with van der Waals surface area (Å²) < 4.78 is 1.08. The SMILES string of the molecule is CSc1csc2cc(N)cc(C=O)c12. The van der Waals surface area contributed by atoms with Crippen molar-refractivity contribution < 1.29 is 4.79 Å². The van der Waals surface area contributed by atoms with Crippen molar-refractivity contribution in [1.82, 2.24) is 0 Å². The molecule has 2 nitrogen and oxygen atoms in total. The molecule has 2 N–H and O–H groups in total. The van der Waals surface area contributed by atoms with Crippen molar-refractivity contribution in [3.63, 3.8) is 0 Å². The summed E-state index contributed by atoms with van der Waals surface area (Å²) in [5.74, 6) is 0. The molecule has 0 radical (unpaired) electrons. The molecule has 14 heavy (non-hydrogen) atoms. The highest BCUT2D eigenvalue weighted by molar-refractivity contribution is 7.99. The van der Waals surface area contributed by atoms with Crippen LogP contribution in [0.25, 0.3) is 10.1 Å². The van der Waals surface area contributed by atoms with Gasteiger partial charge in [-0.05, 0) is 18.4 Å². The van der Waals surface area contributed by atoms with Crippen molar-refractivity contribution in [3.05, 3.63) is 23.1 Å². The second-order valence-corrected chi connectivity index (χ2v) is 4.66. The molecule has 2 rings (SSSR count). The number of carbonyl (C=O) groups excluding carboxylic acids is 1. The summed E-state index contributed by atoms with van der Waals surface area (Å²) in [6, 6.07) is 3.63. The lowest BCUT2D eigenvalue weighted by molar-refractivity contribution is 0.112. The van der Waals surface area contributed by atoms with Gasteiger partial charge in [-0.15, -0.1) is 23.1 Å². The minimum absolute atomic E-state index is 0.647. The van der Waals surface area contributed by atoms with Crippen LogP contribution < -0.4 is 5.73 Å². The Balaban J connectivity index is 2.85. The van der Waals surface area contributed by atoms with Crippen LogP contribution in [0.4, 0.5) is 5.69 Å². The molecule has 2 aromatic rings. The van der Waals surface area contributed by atoms with Crippen LogP contribution in [0.1, 0.15) is 10.4 Å². The summed E-state index contributed by atoms with van der Waals surface area (Å²) in [6.07, 6.45) is 2.87. The summed E-state index contributed by atoms with van der Waals surface area (Å²) in [6.45, 7) is 0. The monoisotopic (exact) mass is 223 g/mol. The van der Waals surface area contributed by atoms with E-state index >= 15 is 0 Å². The van der Waals surface area contributed by atoms with E-state index in [0.29, 0.717) is 11.3 Å². The average Bonchev–Trinajstić information content (AvgIpc) is 2.59. The number of anilines is 1. The zero-order chi connectivity index (χ0) is 10.1. The minimum atomic E-state index is 0.647. The van der Waals surface area contributed by atoms with Crippen molar-refractivity contribution >= 4 is 45.2 Å². The smallest absolute Gasteiger partial charge is 0.150 e. The fourth-order valence-corrected chi connectivity index (χ4v) is 3.36. The molecule has 0 amide bonds. The first kappa shape index (κ1) is 9.55. The maximum atomic E-state index is 10.9. The first-order chi connectivity index (χ1) is 6.76. The Morgan fingerprint density at radius 3 is 2.93 bits per heavy atom. The number of aldehydes is 1. The maximum absolute atomic E-state index is 10.9. The van der Waals surface area contributed by atoms with Crippen molar-refractivity contribution in [2.45, 2.75) is 4.90 Å². The van der Waals surface area contributed by atoms with E-state index in [0.717, 1.165) is 21.3 Å². The third kappa shape index (κ3) is 1.40. The van der Waals surface area contributed by atoms with E-state index in [4.69, 9.17) is 5.73 Å². The van der Waals surface area contributed by atoms with Gasteiger partial charge in [0.1, 0.15) is 0 Å². The Hall–Kier alpha value is -1.00. The van der Waals surface area contributed by atoms with Gasteiger partial charge in [0.05, 0.1) is 0 Å². The molecule has 0 aliphatic carbocycles. The van der Waals surface area contributed by atoms with E-state index in [1.54, 1.807) is 29.2 Å². The molecular formula is C10H9NOS2. The van der Waals surface area contributed by atoms with Gasteiger partial charge < -0.3 is 5.73 Å². The van der Waals surface area contributed by atoms with Crippen molar-refractivity contribution in [2.75, 3.05) is 12.0 Å². The van der Waals surface area contributed by atoms with Gasteiger partial charge in [-0.2, -0.15) is 0 Å². The molecule has 4 heteroatoms. The molecule has 1 aromatic carbocycles. The van der Waals surface area contributed by atoms with Crippen molar-refractivity contribution in [2.24, 2.45) is 0 Å². The Morgan fingerprint density at radius 2 is 2.29 bits per heavy atom. The molecule has 0 aliphatic rings. The van der Waals surface area contributed by atoms with E-state index in [1.807, 2.05) is 12.3 Å². The lowest BCUT2D eigenvalue weighted by Crippen LogP contribution is -1.88. The lowest BCUT2D eigenvalue weighted by Gasteiger charge is -2.00. The highest BCUT2D eigenvalue weighted by Gasteiger charge is 2.08. The zero-order valence-corrected chi connectivity index (χ0v) is 9.24. The molecule has 0 atom stereocenters. The predicted octanol–water partition coefficient (Wildman–Crippen LogP) is 3.02. The van der Waals surface area contributed by atoms with Crippen LogP contribution in [-0.2, 0) is 0 Å². The van der Waals surface area contributed by atoms with Crippen LogP contribution in [0.15, 0.2) is 22.4 Å². The van der Waals surface area contributed by atoms with E-state index in [9.17, 15) is 4.79 Å². The van der Waals surface area contributed by atoms with E-state index < -0.39 is 0 Å². The standard InChI is InChI=1S/C10H9NOS2/c1-13-9-5-14-8-3-7(11)2-6(4-12)10(8)9/h2-5H,11H2,1H3. The normalized spacial score (nSPS) is 10.6. The van der Waals surface area contributed by atoms with Gasteiger partial charge in [-0.25, -0.2) is 0 Å².